The van der Waals surface area contributed by atoms with Crippen molar-refractivity contribution in [3.8, 4) is 22.8 Å². The van der Waals surface area contributed by atoms with Crippen LogP contribution in [0.5, 0.6) is 11.5 Å². The van der Waals surface area contributed by atoms with Crippen LogP contribution in [0.25, 0.3) is 22.3 Å². The highest BCUT2D eigenvalue weighted by molar-refractivity contribution is 5.85. The Kier molecular flexibility index (Phi) is 8.07. The smallest absolute Gasteiger partial charge is 0.124 e. The molecular weight excluding hydrogens is 476 g/mol. The molecule has 0 spiro atoms. The topological polar surface area (TPSA) is 68.5 Å². The number of anilines is 2. The molecular formula is C27H31ClN6O2. The standard InChI is InChI=1S/C27H30N6O2.ClH/c1-31-19-20(17-29-31)27-18-28-25-8-7-21(15-26(25)30-27)33(12-11-32-9-5-4-6-10-32)22-13-23(34-2)16-24(14-22)35-3;/h4-5,7-8,13-19H,6,9-12H2,1-3H3;1H. The van der Waals surface area contributed by atoms with Crippen molar-refractivity contribution in [3.63, 3.8) is 0 Å². The van der Waals surface area contributed by atoms with E-state index < -0.39 is 0 Å². The molecule has 188 valence electrons. The van der Waals surface area contributed by atoms with Gasteiger partial charge in [-0.3, -0.25) is 14.6 Å². The lowest BCUT2D eigenvalue weighted by atomic mass is 10.2. The zero-order valence-corrected chi connectivity index (χ0v) is 21.6. The number of hydrogen-bond donors (Lipinski definition) is 0. The van der Waals surface area contributed by atoms with Gasteiger partial charge in [-0.1, -0.05) is 12.2 Å². The first kappa shape index (κ1) is 25.5. The Morgan fingerprint density at radius 2 is 1.75 bits per heavy atom. The summed E-state index contributed by atoms with van der Waals surface area (Å²) in [6.45, 7) is 3.80. The van der Waals surface area contributed by atoms with Gasteiger partial charge in [0.25, 0.3) is 0 Å². The summed E-state index contributed by atoms with van der Waals surface area (Å²) in [7, 11) is 5.25. The van der Waals surface area contributed by atoms with E-state index in [9.17, 15) is 0 Å². The van der Waals surface area contributed by atoms with Crippen molar-refractivity contribution < 1.29 is 9.47 Å². The predicted octanol–water partition coefficient (Wildman–Crippen LogP) is 4.87. The molecule has 2 aromatic heterocycles. The largest absolute Gasteiger partial charge is 0.497 e. The van der Waals surface area contributed by atoms with Crippen LogP contribution in [0.1, 0.15) is 6.42 Å². The molecule has 0 aliphatic carbocycles. The average molecular weight is 507 g/mol. The summed E-state index contributed by atoms with van der Waals surface area (Å²) in [4.78, 5) is 14.3. The van der Waals surface area contributed by atoms with Gasteiger partial charge < -0.3 is 14.4 Å². The zero-order chi connectivity index (χ0) is 24.2. The Hall–Kier alpha value is -3.62. The highest BCUT2D eigenvalue weighted by atomic mass is 35.5. The first-order valence-corrected chi connectivity index (χ1v) is 11.8. The van der Waals surface area contributed by atoms with Crippen molar-refractivity contribution in [1.29, 1.82) is 0 Å². The van der Waals surface area contributed by atoms with Crippen molar-refractivity contribution >= 4 is 34.8 Å². The van der Waals surface area contributed by atoms with E-state index in [-0.39, 0.29) is 12.4 Å². The fourth-order valence-corrected chi connectivity index (χ4v) is 4.35. The van der Waals surface area contributed by atoms with Crippen molar-refractivity contribution in [2.75, 3.05) is 45.3 Å². The predicted molar refractivity (Wildman–Crippen MR) is 146 cm³/mol. The van der Waals surface area contributed by atoms with Gasteiger partial charge in [-0.15, -0.1) is 12.4 Å². The van der Waals surface area contributed by atoms with Gasteiger partial charge in [0, 0.05) is 74.6 Å². The van der Waals surface area contributed by atoms with Gasteiger partial charge in [-0.05, 0) is 24.6 Å². The quantitative estimate of drug-likeness (QED) is 0.316. The first-order valence-electron chi connectivity index (χ1n) is 11.8. The molecule has 2 aromatic carbocycles. The van der Waals surface area contributed by atoms with Crippen LogP contribution in [0.3, 0.4) is 0 Å². The molecule has 5 rings (SSSR count). The van der Waals surface area contributed by atoms with E-state index in [2.05, 4.69) is 44.2 Å². The maximum atomic E-state index is 5.56. The molecule has 3 heterocycles. The molecule has 0 N–H and O–H groups in total. The second-order valence-corrected chi connectivity index (χ2v) is 8.61. The van der Waals surface area contributed by atoms with E-state index in [4.69, 9.17) is 14.5 Å². The van der Waals surface area contributed by atoms with Crippen molar-refractivity contribution in [2.24, 2.45) is 7.05 Å². The molecule has 0 saturated heterocycles. The third kappa shape index (κ3) is 5.61. The molecule has 4 aromatic rings. The average Bonchev–Trinajstić information content (AvgIpc) is 3.35. The van der Waals surface area contributed by atoms with E-state index in [0.29, 0.717) is 0 Å². The molecule has 0 fully saturated rings. The van der Waals surface area contributed by atoms with Gasteiger partial charge >= 0.3 is 0 Å². The van der Waals surface area contributed by atoms with Gasteiger partial charge in [0.2, 0.25) is 0 Å². The minimum absolute atomic E-state index is 0. The summed E-state index contributed by atoms with van der Waals surface area (Å²) in [5, 5.41) is 4.27. The molecule has 9 heteroatoms. The van der Waals surface area contributed by atoms with Crippen LogP contribution < -0.4 is 14.4 Å². The number of methoxy groups -OCH3 is 2. The van der Waals surface area contributed by atoms with E-state index in [1.54, 1.807) is 25.1 Å². The summed E-state index contributed by atoms with van der Waals surface area (Å²) in [6, 6.07) is 12.2. The molecule has 36 heavy (non-hydrogen) atoms. The lowest BCUT2D eigenvalue weighted by Crippen LogP contribution is -2.35. The Morgan fingerprint density at radius 3 is 2.42 bits per heavy atom. The third-order valence-electron chi connectivity index (χ3n) is 6.27. The summed E-state index contributed by atoms with van der Waals surface area (Å²) in [5.74, 6) is 1.51. The molecule has 0 bridgehead atoms. The summed E-state index contributed by atoms with van der Waals surface area (Å²) < 4.78 is 12.9. The molecule has 1 aliphatic heterocycles. The van der Waals surface area contributed by atoms with Crippen LogP contribution in [-0.4, -0.2) is 65.0 Å². The van der Waals surface area contributed by atoms with E-state index >= 15 is 0 Å². The fraction of sp³-hybridized carbons (Fsp3) is 0.296. The number of aromatic nitrogens is 4. The second kappa shape index (κ2) is 11.4. The van der Waals surface area contributed by atoms with Crippen LogP contribution >= 0.6 is 12.4 Å². The number of halogens is 1. The minimum atomic E-state index is 0. The number of rotatable bonds is 8. The number of aryl methyl sites for hydroxylation is 1. The van der Waals surface area contributed by atoms with Crippen LogP contribution in [0.4, 0.5) is 11.4 Å². The molecule has 8 nitrogen and oxygen atoms in total. The SMILES string of the molecule is COc1cc(OC)cc(N(CCN2CC=CCC2)c2ccc3ncc(-c4cnn(C)c4)nc3c2)c1.Cl. The number of fused-ring (bicyclic) bond motifs is 1. The Morgan fingerprint density at radius 1 is 0.944 bits per heavy atom. The third-order valence-corrected chi connectivity index (χ3v) is 6.27. The molecule has 0 radical (unpaired) electrons. The van der Waals surface area contributed by atoms with Crippen LogP contribution in [0.15, 0.2) is 67.1 Å². The lowest BCUT2D eigenvalue weighted by molar-refractivity contribution is 0.306. The van der Waals surface area contributed by atoms with Crippen molar-refractivity contribution in [3.05, 3.63) is 67.1 Å². The Balaban J connectivity index is 0.00000304. The summed E-state index contributed by atoms with van der Waals surface area (Å²) >= 11 is 0. The van der Waals surface area contributed by atoms with Gasteiger partial charge in [0.05, 0.1) is 43.3 Å². The second-order valence-electron chi connectivity index (χ2n) is 8.61. The summed E-state index contributed by atoms with van der Waals surface area (Å²) in [6.07, 6.45) is 11.1. The number of hydrogen-bond acceptors (Lipinski definition) is 7. The van der Waals surface area contributed by atoms with Crippen LogP contribution in [0, 0.1) is 0 Å². The van der Waals surface area contributed by atoms with Crippen LogP contribution in [0.2, 0.25) is 0 Å². The number of nitrogens with zero attached hydrogens (tertiary/aromatic N) is 6. The maximum absolute atomic E-state index is 5.56. The van der Waals surface area contributed by atoms with Crippen LogP contribution in [-0.2, 0) is 7.05 Å². The fourth-order valence-electron chi connectivity index (χ4n) is 4.35. The van der Waals surface area contributed by atoms with Gasteiger partial charge in [0.1, 0.15) is 11.5 Å². The first-order chi connectivity index (χ1) is 17.1. The Labute approximate surface area is 217 Å². The number of ether oxygens (including phenoxy) is 2. The van der Waals surface area contributed by atoms with Crippen molar-refractivity contribution in [2.45, 2.75) is 6.42 Å². The molecule has 0 unspecified atom stereocenters. The van der Waals surface area contributed by atoms with E-state index in [1.807, 2.05) is 43.7 Å². The molecule has 0 amide bonds. The molecule has 0 atom stereocenters. The lowest BCUT2D eigenvalue weighted by Gasteiger charge is -2.30. The summed E-state index contributed by atoms with van der Waals surface area (Å²) in [5.41, 5.74) is 5.48. The molecule has 0 saturated carbocycles. The highest BCUT2D eigenvalue weighted by Gasteiger charge is 2.16. The maximum Gasteiger partial charge on any atom is 0.124 e. The zero-order valence-electron chi connectivity index (χ0n) is 20.8. The van der Waals surface area contributed by atoms with Gasteiger partial charge in [0.15, 0.2) is 0 Å². The van der Waals surface area contributed by atoms with E-state index in [0.717, 1.165) is 77.8 Å². The number of benzene rings is 2. The minimum Gasteiger partial charge on any atom is -0.497 e. The van der Waals surface area contributed by atoms with Gasteiger partial charge in [-0.25, -0.2) is 4.98 Å². The van der Waals surface area contributed by atoms with Gasteiger partial charge in [-0.2, -0.15) is 5.10 Å². The monoisotopic (exact) mass is 506 g/mol. The van der Waals surface area contributed by atoms with E-state index in [1.165, 1.54) is 0 Å². The van der Waals surface area contributed by atoms with Crippen molar-refractivity contribution in [1.82, 2.24) is 24.6 Å². The normalized spacial score (nSPS) is 13.4. The molecule has 1 aliphatic rings. The Bertz CT molecular complexity index is 1330. The highest BCUT2D eigenvalue weighted by Crippen LogP contribution is 2.34.